The molecule has 0 saturated carbocycles. The van der Waals surface area contributed by atoms with E-state index in [0.29, 0.717) is 0 Å². The molecule has 0 radical (unpaired) electrons. The lowest BCUT2D eigenvalue weighted by atomic mass is 9.33. The smallest absolute Gasteiger partial charge is 0.252 e. The Morgan fingerprint density at radius 3 is 1.21 bits per heavy atom. The molecule has 67 heavy (non-hydrogen) atoms. The third kappa shape index (κ3) is 6.07. The first-order valence-corrected chi connectivity index (χ1v) is 23.5. The Morgan fingerprint density at radius 2 is 0.776 bits per heavy atom. The van der Waals surface area contributed by atoms with Crippen LogP contribution in [-0.4, -0.2) is 6.71 Å². The third-order valence-corrected chi connectivity index (χ3v) is 14.4. The number of benzene rings is 9. The average Bonchev–Trinajstić information content (AvgIpc) is 3.92. The highest BCUT2D eigenvalue weighted by Gasteiger charge is 2.44. The van der Waals surface area contributed by atoms with Crippen molar-refractivity contribution in [3.05, 3.63) is 199 Å². The average molecular weight is 865 g/mol. The molecule has 11 aromatic rings. The SMILES string of the molecule is CC(C)(C)c1ccc2c(c1)N(c1ccc(-c3cccc4oc5ccccc5c34)cc1)c1cccc3c1B2c1ccc(C(C)(C)C)cc1N3c1ccc(-c2cccc3oc4ccccc4c23)cc1. The molecule has 2 aliphatic rings. The highest BCUT2D eigenvalue weighted by molar-refractivity contribution is 7.00. The first-order chi connectivity index (χ1) is 32.5. The molecule has 13 rings (SSSR count). The van der Waals surface area contributed by atoms with Gasteiger partial charge in [-0.1, -0.05) is 157 Å². The standard InChI is InChI=1S/C62H49BN2O2/c1-61(2,3)40-28-34-48-52(36-40)64(42-30-24-38(25-31-42)44-16-11-22-56-58(44)46-14-7-9-20-54(46)66-56)50-18-13-19-51-60(50)63(48)49-35-29-41(62(4,5)6)37-53(49)65(51)43-32-26-39(27-33-43)45-17-12-23-57-59(45)47-15-8-10-21-55(47)67-57/h7-37H,1-6H3. The Morgan fingerprint density at radius 1 is 0.373 bits per heavy atom. The zero-order valence-corrected chi connectivity index (χ0v) is 38.7. The fourth-order valence-corrected chi connectivity index (χ4v) is 11.0. The van der Waals surface area contributed by atoms with E-state index in [1.807, 2.05) is 12.1 Å². The highest BCUT2D eigenvalue weighted by Crippen LogP contribution is 2.47. The van der Waals surface area contributed by atoms with Crippen LogP contribution in [0.15, 0.2) is 197 Å². The van der Waals surface area contributed by atoms with Crippen molar-refractivity contribution in [2.24, 2.45) is 0 Å². The summed E-state index contributed by atoms with van der Waals surface area (Å²) in [5.74, 6) is 0. The van der Waals surface area contributed by atoms with Crippen molar-refractivity contribution in [3.63, 3.8) is 0 Å². The fourth-order valence-electron chi connectivity index (χ4n) is 11.0. The minimum Gasteiger partial charge on any atom is -0.456 e. The molecular weight excluding hydrogens is 816 g/mol. The van der Waals surface area contributed by atoms with Crippen molar-refractivity contribution in [2.75, 3.05) is 9.80 Å². The normalized spacial score (nSPS) is 13.4. The van der Waals surface area contributed by atoms with Crippen molar-refractivity contribution >= 4 is 101 Å². The molecule has 4 nitrogen and oxygen atoms in total. The van der Waals surface area contributed by atoms with Crippen molar-refractivity contribution < 1.29 is 8.83 Å². The van der Waals surface area contributed by atoms with Gasteiger partial charge in [-0.2, -0.15) is 0 Å². The van der Waals surface area contributed by atoms with Crippen molar-refractivity contribution in [3.8, 4) is 22.3 Å². The summed E-state index contributed by atoms with van der Waals surface area (Å²) in [7, 11) is 0. The predicted octanol–water partition coefficient (Wildman–Crippen LogP) is 15.5. The van der Waals surface area contributed by atoms with E-state index in [1.54, 1.807) is 0 Å². The zero-order chi connectivity index (χ0) is 45.3. The Hall–Kier alpha value is -7.76. The van der Waals surface area contributed by atoms with Gasteiger partial charge in [-0.05, 0) is 133 Å². The topological polar surface area (TPSA) is 32.8 Å². The Balaban J connectivity index is 0.995. The quantitative estimate of drug-likeness (QED) is 0.165. The van der Waals surface area contributed by atoms with Crippen molar-refractivity contribution in [2.45, 2.75) is 52.4 Å². The minimum absolute atomic E-state index is 0.0317. The molecular formula is C62H49BN2O2. The second-order valence-corrected chi connectivity index (χ2v) is 20.5. The van der Waals surface area contributed by atoms with Crippen LogP contribution in [0.5, 0.6) is 0 Å². The van der Waals surface area contributed by atoms with Crippen LogP contribution < -0.4 is 26.2 Å². The van der Waals surface area contributed by atoms with Gasteiger partial charge in [0, 0.05) is 55.7 Å². The lowest BCUT2D eigenvalue weighted by molar-refractivity contribution is 0.590. The van der Waals surface area contributed by atoms with Crippen LogP contribution in [0.3, 0.4) is 0 Å². The Kier molecular flexibility index (Phi) is 8.49. The Labute approximate surface area is 391 Å². The molecule has 0 spiro atoms. The second-order valence-electron chi connectivity index (χ2n) is 20.5. The van der Waals surface area contributed by atoms with Crippen LogP contribution in [0, 0.1) is 0 Å². The number of hydrogen-bond donors (Lipinski definition) is 0. The van der Waals surface area contributed by atoms with Gasteiger partial charge in [0.1, 0.15) is 22.3 Å². The molecule has 0 amide bonds. The molecule has 0 aliphatic carbocycles. The molecule has 0 atom stereocenters. The molecule has 0 N–H and O–H groups in total. The summed E-state index contributed by atoms with van der Waals surface area (Å²) < 4.78 is 12.6. The number of rotatable bonds is 4. The minimum atomic E-state index is -0.0377. The van der Waals surface area contributed by atoms with Crippen molar-refractivity contribution in [1.29, 1.82) is 0 Å². The van der Waals surface area contributed by atoms with Gasteiger partial charge < -0.3 is 18.6 Å². The molecule has 4 heterocycles. The molecule has 9 aromatic carbocycles. The number of furan rings is 2. The van der Waals surface area contributed by atoms with E-state index in [1.165, 1.54) is 61.4 Å². The fraction of sp³-hybridized carbons (Fsp3) is 0.129. The molecule has 2 aliphatic heterocycles. The van der Waals surface area contributed by atoms with Gasteiger partial charge in [-0.15, -0.1) is 0 Å². The molecule has 0 unspecified atom stereocenters. The van der Waals surface area contributed by atoms with Crippen LogP contribution >= 0.6 is 0 Å². The number of nitrogens with zero attached hydrogens (tertiary/aromatic N) is 2. The van der Waals surface area contributed by atoms with E-state index in [2.05, 4.69) is 227 Å². The molecule has 0 saturated heterocycles. The summed E-state index contributed by atoms with van der Waals surface area (Å²) in [6.07, 6.45) is 0. The van der Waals surface area contributed by atoms with Gasteiger partial charge >= 0.3 is 0 Å². The van der Waals surface area contributed by atoms with Crippen LogP contribution in [0.1, 0.15) is 52.7 Å². The summed E-state index contributed by atoms with van der Waals surface area (Å²) in [5.41, 5.74) is 21.9. The molecule has 0 fully saturated rings. The van der Waals surface area contributed by atoms with E-state index < -0.39 is 0 Å². The molecule has 5 heteroatoms. The Bertz CT molecular complexity index is 3540. The highest BCUT2D eigenvalue weighted by atomic mass is 16.3. The maximum absolute atomic E-state index is 6.31. The summed E-state index contributed by atoms with van der Waals surface area (Å²) in [6.45, 7) is 13.9. The van der Waals surface area contributed by atoms with Gasteiger partial charge in [0.15, 0.2) is 0 Å². The number of hydrogen-bond acceptors (Lipinski definition) is 4. The summed E-state index contributed by atoms with van der Waals surface area (Å²) >= 11 is 0. The maximum Gasteiger partial charge on any atom is 0.252 e. The van der Waals surface area contributed by atoms with Crippen LogP contribution in [-0.2, 0) is 10.8 Å². The first kappa shape index (κ1) is 39.6. The third-order valence-electron chi connectivity index (χ3n) is 14.4. The monoisotopic (exact) mass is 864 g/mol. The number of anilines is 6. The molecule has 322 valence electrons. The summed E-state index contributed by atoms with van der Waals surface area (Å²) in [6, 6.07) is 69.2. The lowest BCUT2D eigenvalue weighted by Crippen LogP contribution is -2.61. The van der Waals surface area contributed by atoms with Gasteiger partial charge in [0.2, 0.25) is 0 Å². The van der Waals surface area contributed by atoms with E-state index in [-0.39, 0.29) is 17.5 Å². The maximum atomic E-state index is 6.31. The molecule has 2 aromatic heterocycles. The van der Waals surface area contributed by atoms with Crippen LogP contribution in [0.2, 0.25) is 0 Å². The number of fused-ring (bicyclic) bond motifs is 10. The summed E-state index contributed by atoms with van der Waals surface area (Å²) in [4.78, 5) is 5.03. The van der Waals surface area contributed by atoms with Gasteiger partial charge in [-0.25, -0.2) is 0 Å². The van der Waals surface area contributed by atoms with E-state index in [0.717, 1.165) is 66.4 Å². The van der Waals surface area contributed by atoms with E-state index in [4.69, 9.17) is 8.83 Å². The second kappa shape index (κ2) is 14.4. The zero-order valence-electron chi connectivity index (χ0n) is 38.7. The summed E-state index contributed by atoms with van der Waals surface area (Å²) in [5, 5.41) is 4.57. The molecule has 0 bridgehead atoms. The largest absolute Gasteiger partial charge is 0.456 e. The van der Waals surface area contributed by atoms with E-state index >= 15 is 0 Å². The lowest BCUT2D eigenvalue weighted by Gasteiger charge is -2.44. The van der Waals surface area contributed by atoms with Crippen LogP contribution in [0.25, 0.3) is 66.1 Å². The van der Waals surface area contributed by atoms with E-state index in [9.17, 15) is 0 Å². The first-order valence-electron chi connectivity index (χ1n) is 23.5. The van der Waals surface area contributed by atoms with Gasteiger partial charge in [0.05, 0.1) is 0 Å². The van der Waals surface area contributed by atoms with Gasteiger partial charge in [-0.3, -0.25) is 0 Å². The van der Waals surface area contributed by atoms with Gasteiger partial charge in [0.25, 0.3) is 6.71 Å². The van der Waals surface area contributed by atoms with Crippen LogP contribution in [0.4, 0.5) is 34.1 Å². The predicted molar refractivity (Wildman–Crippen MR) is 283 cm³/mol. The number of para-hydroxylation sites is 2. The van der Waals surface area contributed by atoms with Crippen molar-refractivity contribution in [1.82, 2.24) is 0 Å².